The quantitative estimate of drug-likeness (QED) is 0.824. The van der Waals surface area contributed by atoms with Gasteiger partial charge in [-0.1, -0.05) is 18.2 Å². The second-order valence-electron chi connectivity index (χ2n) is 3.71. The van der Waals surface area contributed by atoms with Gasteiger partial charge in [0.05, 0.1) is 18.8 Å². The number of aliphatic hydroxyl groups excluding tert-OH is 1. The highest BCUT2D eigenvalue weighted by atomic mass is 16.4. The first-order chi connectivity index (χ1) is 7.66. The van der Waals surface area contributed by atoms with E-state index in [1.165, 1.54) is 0 Å². The SMILES string of the molecule is O=C(O)C[C@@H](O)Cc1coc2ccccc12. The van der Waals surface area contributed by atoms with Gasteiger partial charge in [0.25, 0.3) is 0 Å². The van der Waals surface area contributed by atoms with E-state index in [-0.39, 0.29) is 6.42 Å². The fourth-order valence-corrected chi connectivity index (χ4v) is 1.72. The minimum Gasteiger partial charge on any atom is -0.481 e. The molecule has 0 aliphatic heterocycles. The summed E-state index contributed by atoms with van der Waals surface area (Å²) in [7, 11) is 0. The molecule has 1 aromatic heterocycles. The van der Waals surface area contributed by atoms with Gasteiger partial charge in [0.1, 0.15) is 5.58 Å². The molecule has 84 valence electrons. The maximum atomic E-state index is 10.4. The van der Waals surface area contributed by atoms with Gasteiger partial charge >= 0.3 is 5.97 Å². The molecule has 0 unspecified atom stereocenters. The molecule has 0 saturated carbocycles. The molecule has 0 saturated heterocycles. The number of para-hydroxylation sites is 1. The molecule has 0 radical (unpaired) electrons. The van der Waals surface area contributed by atoms with Crippen LogP contribution < -0.4 is 0 Å². The molecule has 2 aromatic rings. The molecule has 0 spiro atoms. The van der Waals surface area contributed by atoms with Gasteiger partial charge in [0.15, 0.2) is 0 Å². The van der Waals surface area contributed by atoms with Crippen molar-refractivity contribution in [3.8, 4) is 0 Å². The number of aliphatic hydroxyl groups is 1. The van der Waals surface area contributed by atoms with Crippen molar-refractivity contribution in [1.82, 2.24) is 0 Å². The van der Waals surface area contributed by atoms with E-state index in [0.29, 0.717) is 6.42 Å². The third-order valence-corrected chi connectivity index (χ3v) is 2.43. The Hall–Kier alpha value is -1.81. The van der Waals surface area contributed by atoms with Crippen LogP contribution in [0.3, 0.4) is 0 Å². The molecule has 1 aromatic carbocycles. The van der Waals surface area contributed by atoms with E-state index >= 15 is 0 Å². The van der Waals surface area contributed by atoms with Crippen molar-refractivity contribution in [2.75, 3.05) is 0 Å². The Balaban J connectivity index is 2.18. The maximum Gasteiger partial charge on any atom is 0.305 e. The van der Waals surface area contributed by atoms with Gasteiger partial charge in [0.2, 0.25) is 0 Å². The minimum absolute atomic E-state index is 0.250. The highest BCUT2D eigenvalue weighted by Gasteiger charge is 2.13. The van der Waals surface area contributed by atoms with Gasteiger partial charge < -0.3 is 14.6 Å². The molecule has 16 heavy (non-hydrogen) atoms. The Morgan fingerprint density at radius 1 is 1.38 bits per heavy atom. The molecule has 4 nitrogen and oxygen atoms in total. The Morgan fingerprint density at radius 2 is 2.12 bits per heavy atom. The molecular formula is C12H12O4. The zero-order chi connectivity index (χ0) is 11.5. The third kappa shape index (κ3) is 2.23. The van der Waals surface area contributed by atoms with Crippen LogP contribution in [0.1, 0.15) is 12.0 Å². The molecule has 0 amide bonds. The summed E-state index contributed by atoms with van der Waals surface area (Å²) in [5, 5.41) is 19.0. The van der Waals surface area contributed by atoms with E-state index in [4.69, 9.17) is 9.52 Å². The maximum absolute atomic E-state index is 10.4. The van der Waals surface area contributed by atoms with Crippen LogP contribution >= 0.6 is 0 Å². The summed E-state index contributed by atoms with van der Waals surface area (Å²) in [6.07, 6.45) is 0.733. The number of carbonyl (C=O) groups is 1. The van der Waals surface area contributed by atoms with E-state index < -0.39 is 12.1 Å². The lowest BCUT2D eigenvalue weighted by molar-refractivity contribution is -0.139. The van der Waals surface area contributed by atoms with Gasteiger partial charge in [-0.25, -0.2) is 0 Å². The highest BCUT2D eigenvalue weighted by Crippen LogP contribution is 2.22. The first-order valence-corrected chi connectivity index (χ1v) is 5.02. The van der Waals surface area contributed by atoms with E-state index in [0.717, 1.165) is 16.5 Å². The van der Waals surface area contributed by atoms with Crippen LogP contribution in [0.4, 0.5) is 0 Å². The van der Waals surface area contributed by atoms with Gasteiger partial charge in [-0.05, 0) is 6.07 Å². The number of benzene rings is 1. The number of hydrogen-bond acceptors (Lipinski definition) is 3. The number of aliphatic carboxylic acids is 1. The number of fused-ring (bicyclic) bond motifs is 1. The van der Waals surface area contributed by atoms with Crippen molar-refractivity contribution in [1.29, 1.82) is 0 Å². The highest BCUT2D eigenvalue weighted by molar-refractivity contribution is 5.81. The van der Waals surface area contributed by atoms with E-state index in [1.54, 1.807) is 6.26 Å². The number of carboxylic acid groups (broad SMARTS) is 1. The third-order valence-electron chi connectivity index (χ3n) is 2.43. The number of furan rings is 1. The first kappa shape index (κ1) is 10.7. The lowest BCUT2D eigenvalue weighted by Gasteiger charge is -2.05. The number of rotatable bonds is 4. The summed E-state index contributed by atoms with van der Waals surface area (Å²) in [5.74, 6) is -1.000. The van der Waals surface area contributed by atoms with Crippen molar-refractivity contribution in [2.45, 2.75) is 18.9 Å². The summed E-state index contributed by atoms with van der Waals surface area (Å²) < 4.78 is 5.30. The smallest absolute Gasteiger partial charge is 0.305 e. The minimum atomic E-state index is -1.000. The monoisotopic (exact) mass is 220 g/mol. The van der Waals surface area contributed by atoms with Crippen LogP contribution in [0.5, 0.6) is 0 Å². The van der Waals surface area contributed by atoms with Gasteiger partial charge in [-0.3, -0.25) is 4.79 Å². The standard InChI is InChI=1S/C12H12O4/c13-9(6-12(14)15)5-8-7-16-11-4-2-1-3-10(8)11/h1-4,7,9,13H,5-6H2,(H,14,15)/t9-/m0/s1. The second-order valence-corrected chi connectivity index (χ2v) is 3.71. The molecule has 2 N–H and O–H groups in total. The van der Waals surface area contributed by atoms with E-state index in [9.17, 15) is 9.90 Å². The van der Waals surface area contributed by atoms with Crippen LogP contribution in [0.25, 0.3) is 11.0 Å². The number of hydrogen-bond donors (Lipinski definition) is 2. The first-order valence-electron chi connectivity index (χ1n) is 5.02. The Labute approximate surface area is 92.1 Å². The molecule has 0 bridgehead atoms. The van der Waals surface area contributed by atoms with E-state index in [1.807, 2.05) is 24.3 Å². The van der Waals surface area contributed by atoms with Crippen molar-refractivity contribution < 1.29 is 19.4 Å². The van der Waals surface area contributed by atoms with Crippen LogP contribution in [-0.4, -0.2) is 22.3 Å². The Bertz CT molecular complexity index is 500. The van der Waals surface area contributed by atoms with Crippen LogP contribution in [-0.2, 0) is 11.2 Å². The van der Waals surface area contributed by atoms with Crippen LogP contribution in [0, 0.1) is 0 Å². The molecular weight excluding hydrogens is 208 g/mol. The summed E-state index contributed by atoms with van der Waals surface area (Å²) >= 11 is 0. The Morgan fingerprint density at radius 3 is 2.88 bits per heavy atom. The predicted octanol–water partition coefficient (Wildman–Crippen LogP) is 1.81. The average molecular weight is 220 g/mol. The zero-order valence-corrected chi connectivity index (χ0v) is 8.59. The molecule has 0 fully saturated rings. The van der Waals surface area contributed by atoms with Crippen molar-refractivity contribution in [3.63, 3.8) is 0 Å². The number of carboxylic acids is 1. The fourth-order valence-electron chi connectivity index (χ4n) is 1.72. The topological polar surface area (TPSA) is 70.7 Å². The second kappa shape index (κ2) is 4.37. The normalized spacial score (nSPS) is 12.8. The van der Waals surface area contributed by atoms with Crippen molar-refractivity contribution in [2.24, 2.45) is 0 Å². The lowest BCUT2D eigenvalue weighted by Crippen LogP contribution is -2.15. The van der Waals surface area contributed by atoms with Gasteiger partial charge in [-0.2, -0.15) is 0 Å². The molecule has 0 aliphatic rings. The van der Waals surface area contributed by atoms with Gasteiger partial charge in [0, 0.05) is 17.4 Å². The van der Waals surface area contributed by atoms with Crippen molar-refractivity contribution >= 4 is 16.9 Å². The Kier molecular flexibility index (Phi) is 2.92. The van der Waals surface area contributed by atoms with Crippen molar-refractivity contribution in [3.05, 3.63) is 36.1 Å². The molecule has 4 heteroatoms. The lowest BCUT2D eigenvalue weighted by atomic mass is 10.1. The van der Waals surface area contributed by atoms with Gasteiger partial charge in [-0.15, -0.1) is 0 Å². The predicted molar refractivity (Wildman–Crippen MR) is 58.2 cm³/mol. The molecule has 1 atom stereocenters. The largest absolute Gasteiger partial charge is 0.481 e. The summed E-state index contributed by atoms with van der Waals surface area (Å²) in [4.78, 5) is 10.4. The van der Waals surface area contributed by atoms with E-state index in [2.05, 4.69) is 0 Å². The average Bonchev–Trinajstić information content (AvgIpc) is 2.61. The molecule has 0 aliphatic carbocycles. The van der Waals surface area contributed by atoms with Crippen LogP contribution in [0.15, 0.2) is 34.9 Å². The summed E-state index contributed by atoms with van der Waals surface area (Å²) in [6, 6.07) is 7.47. The molecule has 1 heterocycles. The fraction of sp³-hybridized carbons (Fsp3) is 0.250. The summed E-state index contributed by atoms with van der Waals surface area (Å²) in [5.41, 5.74) is 1.59. The van der Waals surface area contributed by atoms with Crippen LogP contribution in [0.2, 0.25) is 0 Å². The summed E-state index contributed by atoms with van der Waals surface area (Å²) in [6.45, 7) is 0. The molecule has 2 rings (SSSR count). The zero-order valence-electron chi connectivity index (χ0n) is 8.59.